The van der Waals surface area contributed by atoms with Gasteiger partial charge in [-0.1, -0.05) is 12.1 Å². The molecular formula is C12H14N2OS. The molecule has 3 nitrogen and oxygen atoms in total. The van der Waals surface area contributed by atoms with Crippen molar-refractivity contribution in [2.45, 2.75) is 13.2 Å². The number of rotatable bonds is 5. The van der Waals surface area contributed by atoms with E-state index < -0.39 is 0 Å². The average molecular weight is 234 g/mol. The molecule has 0 aliphatic carbocycles. The van der Waals surface area contributed by atoms with Gasteiger partial charge < -0.3 is 10.1 Å². The van der Waals surface area contributed by atoms with E-state index in [0.29, 0.717) is 13.2 Å². The molecule has 0 bridgehead atoms. The van der Waals surface area contributed by atoms with Crippen LogP contribution in [0.25, 0.3) is 0 Å². The lowest BCUT2D eigenvalue weighted by molar-refractivity contribution is 0.109. The molecule has 2 heterocycles. The smallest absolute Gasteiger partial charge is 0.131 e. The summed E-state index contributed by atoms with van der Waals surface area (Å²) in [7, 11) is 1.87. The highest BCUT2D eigenvalue weighted by atomic mass is 32.1. The Balaban J connectivity index is 1.89. The maximum absolute atomic E-state index is 5.64. The Morgan fingerprint density at radius 1 is 1.31 bits per heavy atom. The van der Waals surface area contributed by atoms with Crippen molar-refractivity contribution in [2.24, 2.45) is 0 Å². The fourth-order valence-electron chi connectivity index (χ4n) is 1.44. The second-order valence-corrected chi connectivity index (χ2v) is 4.37. The van der Waals surface area contributed by atoms with Gasteiger partial charge in [0.1, 0.15) is 5.82 Å². The molecular weight excluding hydrogens is 220 g/mol. The third kappa shape index (κ3) is 2.81. The Morgan fingerprint density at radius 3 is 3.00 bits per heavy atom. The first-order chi connectivity index (χ1) is 7.90. The molecule has 0 aromatic carbocycles. The Morgan fingerprint density at radius 2 is 2.25 bits per heavy atom. The highest BCUT2D eigenvalue weighted by Crippen LogP contribution is 2.14. The molecule has 0 aliphatic rings. The predicted octanol–water partition coefficient (Wildman–Crippen LogP) is 2.90. The van der Waals surface area contributed by atoms with Gasteiger partial charge in [0.25, 0.3) is 0 Å². The van der Waals surface area contributed by atoms with Crippen molar-refractivity contribution >= 4 is 17.2 Å². The molecule has 0 fully saturated rings. The summed E-state index contributed by atoms with van der Waals surface area (Å²) in [4.78, 5) is 5.47. The zero-order valence-corrected chi connectivity index (χ0v) is 9.96. The fraction of sp³-hybridized carbons (Fsp3) is 0.250. The predicted molar refractivity (Wildman–Crippen MR) is 66.6 cm³/mol. The van der Waals surface area contributed by atoms with Crippen LogP contribution in [0.5, 0.6) is 0 Å². The standard InChI is InChI=1S/C12H14N2OS/c1-13-12-10(4-2-6-14-12)8-15-9-11-5-3-7-16-11/h2-7H,8-9H2,1H3,(H,13,14). The molecule has 2 rings (SSSR count). The molecule has 0 amide bonds. The van der Waals surface area contributed by atoms with Crippen LogP contribution in [0.3, 0.4) is 0 Å². The molecule has 0 spiro atoms. The monoisotopic (exact) mass is 234 g/mol. The summed E-state index contributed by atoms with van der Waals surface area (Å²) < 4.78 is 5.64. The number of hydrogen-bond donors (Lipinski definition) is 1. The van der Waals surface area contributed by atoms with Crippen LogP contribution in [0.2, 0.25) is 0 Å². The van der Waals surface area contributed by atoms with Crippen LogP contribution < -0.4 is 5.32 Å². The van der Waals surface area contributed by atoms with E-state index >= 15 is 0 Å². The van der Waals surface area contributed by atoms with Crippen molar-refractivity contribution in [2.75, 3.05) is 12.4 Å². The number of nitrogens with one attached hydrogen (secondary N) is 1. The average Bonchev–Trinajstić information content (AvgIpc) is 2.83. The van der Waals surface area contributed by atoms with Crippen molar-refractivity contribution in [3.05, 3.63) is 46.3 Å². The molecule has 0 radical (unpaired) electrons. The number of aromatic nitrogens is 1. The molecule has 1 N–H and O–H groups in total. The van der Waals surface area contributed by atoms with Gasteiger partial charge in [-0.05, 0) is 17.5 Å². The number of ether oxygens (including phenoxy) is 1. The van der Waals surface area contributed by atoms with Crippen molar-refractivity contribution in [3.63, 3.8) is 0 Å². The van der Waals surface area contributed by atoms with E-state index in [1.807, 2.05) is 25.2 Å². The maximum atomic E-state index is 5.64. The van der Waals surface area contributed by atoms with Gasteiger partial charge in [-0.3, -0.25) is 0 Å². The highest BCUT2D eigenvalue weighted by Gasteiger charge is 2.01. The molecule has 2 aromatic rings. The van der Waals surface area contributed by atoms with Gasteiger partial charge in [-0.2, -0.15) is 0 Å². The first-order valence-electron chi connectivity index (χ1n) is 5.12. The van der Waals surface area contributed by atoms with E-state index in [2.05, 4.69) is 21.7 Å². The van der Waals surface area contributed by atoms with Crippen molar-refractivity contribution in [1.29, 1.82) is 0 Å². The largest absolute Gasteiger partial charge is 0.373 e. The SMILES string of the molecule is CNc1ncccc1COCc1cccs1. The van der Waals surface area contributed by atoms with Gasteiger partial charge in [-0.25, -0.2) is 4.98 Å². The minimum atomic E-state index is 0.585. The molecule has 0 saturated carbocycles. The second-order valence-electron chi connectivity index (χ2n) is 3.33. The van der Waals surface area contributed by atoms with Crippen LogP contribution in [0, 0.1) is 0 Å². The van der Waals surface area contributed by atoms with E-state index in [1.165, 1.54) is 4.88 Å². The summed E-state index contributed by atoms with van der Waals surface area (Å²) in [6, 6.07) is 8.05. The van der Waals surface area contributed by atoms with E-state index in [-0.39, 0.29) is 0 Å². The second kappa shape index (κ2) is 5.63. The summed E-state index contributed by atoms with van der Waals surface area (Å²) >= 11 is 1.71. The van der Waals surface area contributed by atoms with Gasteiger partial charge in [0.15, 0.2) is 0 Å². The Hall–Kier alpha value is -1.39. The van der Waals surface area contributed by atoms with Crippen LogP contribution in [0.4, 0.5) is 5.82 Å². The molecule has 4 heteroatoms. The molecule has 0 aliphatic heterocycles. The number of pyridine rings is 1. The van der Waals surface area contributed by atoms with Crippen LogP contribution in [0.1, 0.15) is 10.4 Å². The first kappa shape index (κ1) is 11.1. The van der Waals surface area contributed by atoms with E-state index in [9.17, 15) is 0 Å². The van der Waals surface area contributed by atoms with Crippen LogP contribution in [-0.4, -0.2) is 12.0 Å². The van der Waals surface area contributed by atoms with Gasteiger partial charge in [-0.15, -0.1) is 11.3 Å². The van der Waals surface area contributed by atoms with E-state index in [4.69, 9.17) is 4.74 Å². The topological polar surface area (TPSA) is 34.2 Å². The normalized spacial score (nSPS) is 10.3. The zero-order chi connectivity index (χ0) is 11.2. The quantitative estimate of drug-likeness (QED) is 0.863. The summed E-state index contributed by atoms with van der Waals surface area (Å²) in [6.07, 6.45) is 1.77. The minimum absolute atomic E-state index is 0.585. The first-order valence-corrected chi connectivity index (χ1v) is 6.00. The molecule has 84 valence electrons. The summed E-state index contributed by atoms with van der Waals surface area (Å²) in [5, 5.41) is 5.11. The Kier molecular flexibility index (Phi) is 3.91. The maximum Gasteiger partial charge on any atom is 0.131 e. The van der Waals surface area contributed by atoms with Gasteiger partial charge >= 0.3 is 0 Å². The Bertz CT molecular complexity index is 428. The number of nitrogens with zero attached hydrogens (tertiary/aromatic N) is 1. The summed E-state index contributed by atoms with van der Waals surface area (Å²) in [6.45, 7) is 1.25. The van der Waals surface area contributed by atoms with E-state index in [1.54, 1.807) is 17.5 Å². The summed E-state index contributed by atoms with van der Waals surface area (Å²) in [5.41, 5.74) is 1.08. The van der Waals surface area contributed by atoms with Crippen LogP contribution in [-0.2, 0) is 18.0 Å². The molecule has 0 saturated heterocycles. The lowest BCUT2D eigenvalue weighted by atomic mass is 10.3. The van der Waals surface area contributed by atoms with Gasteiger partial charge in [0.2, 0.25) is 0 Å². The van der Waals surface area contributed by atoms with Crippen molar-refractivity contribution in [1.82, 2.24) is 4.98 Å². The number of hydrogen-bond acceptors (Lipinski definition) is 4. The summed E-state index contributed by atoms with van der Waals surface area (Å²) in [5.74, 6) is 0.883. The van der Waals surface area contributed by atoms with Crippen LogP contribution in [0.15, 0.2) is 35.8 Å². The minimum Gasteiger partial charge on any atom is -0.373 e. The van der Waals surface area contributed by atoms with Crippen molar-refractivity contribution in [3.8, 4) is 0 Å². The Labute approximate surface area is 99.1 Å². The van der Waals surface area contributed by atoms with E-state index in [0.717, 1.165) is 11.4 Å². The van der Waals surface area contributed by atoms with Gasteiger partial charge in [0, 0.05) is 23.7 Å². The van der Waals surface area contributed by atoms with Crippen LogP contribution >= 0.6 is 11.3 Å². The molecule has 16 heavy (non-hydrogen) atoms. The third-order valence-corrected chi connectivity index (χ3v) is 3.06. The van der Waals surface area contributed by atoms with Crippen molar-refractivity contribution < 1.29 is 4.74 Å². The molecule has 2 aromatic heterocycles. The number of thiophene rings is 1. The molecule has 0 unspecified atom stereocenters. The molecule has 0 atom stereocenters. The third-order valence-electron chi connectivity index (χ3n) is 2.21. The lowest BCUT2D eigenvalue weighted by Crippen LogP contribution is -2.00. The zero-order valence-electron chi connectivity index (χ0n) is 9.14. The fourth-order valence-corrected chi connectivity index (χ4v) is 2.08. The number of anilines is 1. The highest BCUT2D eigenvalue weighted by molar-refractivity contribution is 7.09. The lowest BCUT2D eigenvalue weighted by Gasteiger charge is -2.07. The van der Waals surface area contributed by atoms with Gasteiger partial charge in [0.05, 0.1) is 13.2 Å².